The lowest BCUT2D eigenvalue weighted by molar-refractivity contribution is -0.144. The van der Waals surface area contributed by atoms with Gasteiger partial charge in [-0.25, -0.2) is 0 Å². The van der Waals surface area contributed by atoms with Crippen LogP contribution in [0.2, 0.25) is 0 Å². The van der Waals surface area contributed by atoms with Crippen LogP contribution in [0.4, 0.5) is 0 Å². The van der Waals surface area contributed by atoms with Crippen LogP contribution >= 0.6 is 0 Å². The van der Waals surface area contributed by atoms with E-state index in [4.69, 9.17) is 9.84 Å². The molecule has 5 atom stereocenters. The fourth-order valence-corrected chi connectivity index (χ4v) is 1.40. The van der Waals surface area contributed by atoms with Crippen LogP contribution in [-0.2, 0) is 4.74 Å². The van der Waals surface area contributed by atoms with Gasteiger partial charge in [-0.2, -0.15) is 0 Å². The molecule has 0 aromatic carbocycles. The summed E-state index contributed by atoms with van der Waals surface area (Å²) in [5, 5.41) is 46.6. The molecule has 0 bridgehead atoms. The van der Waals surface area contributed by atoms with Crippen LogP contribution < -0.4 is 0 Å². The summed E-state index contributed by atoms with van der Waals surface area (Å²) in [6.45, 7) is 3.15. The predicted molar refractivity (Wildman–Crippen MR) is 49.9 cm³/mol. The molecule has 0 amide bonds. The van der Waals surface area contributed by atoms with Crippen LogP contribution in [0.25, 0.3) is 0 Å². The van der Waals surface area contributed by atoms with E-state index in [1.165, 1.54) is 0 Å². The summed E-state index contributed by atoms with van der Waals surface area (Å²) in [7, 11) is 0. The van der Waals surface area contributed by atoms with Crippen molar-refractivity contribution in [3.63, 3.8) is 0 Å². The Morgan fingerprint density at radius 2 is 1.67 bits per heavy atom. The number of aliphatic hydroxyl groups excluding tert-OH is 5. The zero-order valence-corrected chi connectivity index (χ0v) is 8.53. The van der Waals surface area contributed by atoms with Crippen molar-refractivity contribution in [3.8, 4) is 0 Å². The van der Waals surface area contributed by atoms with Crippen molar-refractivity contribution >= 4 is 0 Å². The molecule has 1 unspecified atom stereocenters. The van der Waals surface area contributed by atoms with E-state index in [9.17, 15) is 20.4 Å². The number of aliphatic hydroxyl groups is 5. The van der Waals surface area contributed by atoms with Gasteiger partial charge in [0.05, 0.1) is 0 Å². The molecule has 0 radical (unpaired) electrons. The molecule has 5 N–H and O–H groups in total. The Kier molecular flexibility index (Phi) is 3.69. The van der Waals surface area contributed by atoms with Gasteiger partial charge in [-0.3, -0.25) is 0 Å². The molecule has 0 spiro atoms. The van der Waals surface area contributed by atoms with E-state index in [0.29, 0.717) is 5.57 Å². The fraction of sp³-hybridized carbons (Fsp3) is 0.778. The molecule has 1 saturated heterocycles. The van der Waals surface area contributed by atoms with Gasteiger partial charge in [0.2, 0.25) is 0 Å². The van der Waals surface area contributed by atoms with Crippen LogP contribution in [-0.4, -0.2) is 56.2 Å². The zero-order chi connectivity index (χ0) is 11.7. The Balaban J connectivity index is 2.78. The highest BCUT2D eigenvalue weighted by molar-refractivity contribution is 5.10. The minimum atomic E-state index is -1.55. The second kappa shape index (κ2) is 4.46. The summed E-state index contributed by atoms with van der Waals surface area (Å²) in [6.07, 6.45) is -7.16. The van der Waals surface area contributed by atoms with Crippen molar-refractivity contribution < 1.29 is 30.3 Å². The first kappa shape index (κ1) is 12.4. The van der Waals surface area contributed by atoms with E-state index in [1.807, 2.05) is 0 Å². The van der Waals surface area contributed by atoms with Crippen molar-refractivity contribution in [2.24, 2.45) is 0 Å². The Labute approximate surface area is 87.0 Å². The number of allylic oxidation sites excluding steroid dienone is 1. The lowest BCUT2D eigenvalue weighted by Gasteiger charge is -2.20. The lowest BCUT2D eigenvalue weighted by atomic mass is 10.0. The predicted octanol–water partition coefficient (Wildman–Crippen LogP) is -1.36. The van der Waals surface area contributed by atoms with Crippen LogP contribution in [0, 0.1) is 0 Å². The molecule has 0 aromatic heterocycles. The van der Waals surface area contributed by atoms with Gasteiger partial charge < -0.3 is 30.3 Å². The van der Waals surface area contributed by atoms with Crippen molar-refractivity contribution in [2.45, 2.75) is 44.6 Å². The minimum Gasteiger partial charge on any atom is -0.510 e. The normalized spacial score (nSPS) is 37.7. The third kappa shape index (κ3) is 2.30. The molecule has 88 valence electrons. The SMILES string of the molecule is CC(C)=C(O)[C@@H](O)[C@@H]1OC(O)[C@@H](O)[C@H]1O. The van der Waals surface area contributed by atoms with Gasteiger partial charge in [0.1, 0.15) is 30.2 Å². The molecule has 6 heteroatoms. The molecule has 1 aliphatic heterocycles. The van der Waals surface area contributed by atoms with Crippen LogP contribution in [0.5, 0.6) is 0 Å². The Morgan fingerprint density at radius 1 is 1.13 bits per heavy atom. The largest absolute Gasteiger partial charge is 0.510 e. The number of rotatable bonds is 2. The van der Waals surface area contributed by atoms with Gasteiger partial charge in [-0.05, 0) is 19.4 Å². The van der Waals surface area contributed by atoms with E-state index in [-0.39, 0.29) is 5.76 Å². The summed E-state index contributed by atoms with van der Waals surface area (Å²) in [6, 6.07) is 0. The number of hydrogen-bond acceptors (Lipinski definition) is 6. The summed E-state index contributed by atoms with van der Waals surface area (Å²) in [4.78, 5) is 0. The maximum absolute atomic E-state index is 9.58. The van der Waals surface area contributed by atoms with E-state index in [0.717, 1.165) is 0 Å². The Hall–Kier alpha value is -0.660. The molecule has 6 nitrogen and oxygen atoms in total. The second-order valence-electron chi connectivity index (χ2n) is 3.80. The molecule has 1 aliphatic rings. The highest BCUT2D eigenvalue weighted by Crippen LogP contribution is 2.25. The lowest BCUT2D eigenvalue weighted by Crippen LogP contribution is -2.40. The van der Waals surface area contributed by atoms with Gasteiger partial charge >= 0.3 is 0 Å². The smallest absolute Gasteiger partial charge is 0.184 e. The fourth-order valence-electron chi connectivity index (χ4n) is 1.40. The van der Waals surface area contributed by atoms with E-state index >= 15 is 0 Å². The highest BCUT2D eigenvalue weighted by atomic mass is 16.6. The van der Waals surface area contributed by atoms with Crippen LogP contribution in [0.1, 0.15) is 13.8 Å². The van der Waals surface area contributed by atoms with Gasteiger partial charge in [0, 0.05) is 0 Å². The molecule has 0 saturated carbocycles. The van der Waals surface area contributed by atoms with Gasteiger partial charge in [-0.1, -0.05) is 0 Å². The molecule has 0 aromatic rings. The highest BCUT2D eigenvalue weighted by Gasteiger charge is 2.46. The van der Waals surface area contributed by atoms with Crippen molar-refractivity contribution in [1.29, 1.82) is 0 Å². The van der Waals surface area contributed by atoms with Crippen LogP contribution in [0.3, 0.4) is 0 Å². The van der Waals surface area contributed by atoms with Crippen molar-refractivity contribution in [3.05, 3.63) is 11.3 Å². The van der Waals surface area contributed by atoms with E-state index < -0.39 is 30.7 Å². The van der Waals surface area contributed by atoms with E-state index in [2.05, 4.69) is 0 Å². The summed E-state index contributed by atoms with van der Waals surface area (Å²) < 4.78 is 4.73. The summed E-state index contributed by atoms with van der Waals surface area (Å²) in [5.74, 6) is -0.333. The first-order chi connectivity index (χ1) is 6.86. The van der Waals surface area contributed by atoms with Crippen molar-refractivity contribution in [1.82, 2.24) is 0 Å². The van der Waals surface area contributed by atoms with Gasteiger partial charge in [0.15, 0.2) is 6.29 Å². The molecule has 1 fully saturated rings. The zero-order valence-electron chi connectivity index (χ0n) is 8.53. The topological polar surface area (TPSA) is 110 Å². The first-order valence-corrected chi connectivity index (χ1v) is 4.60. The standard InChI is InChI=1S/C9H16O6/c1-3(2)4(10)5(11)8-6(12)7(13)9(14)15-8/h5-14H,1-2H3/t5-,6-,7+,8+,9?/m1/s1. The maximum Gasteiger partial charge on any atom is 0.184 e. The molecule has 0 aliphatic carbocycles. The average Bonchev–Trinajstić information content (AvgIpc) is 2.43. The monoisotopic (exact) mass is 220 g/mol. The molecular weight excluding hydrogens is 204 g/mol. The third-order valence-corrected chi connectivity index (χ3v) is 2.38. The van der Waals surface area contributed by atoms with Crippen LogP contribution in [0.15, 0.2) is 11.3 Å². The van der Waals surface area contributed by atoms with E-state index in [1.54, 1.807) is 13.8 Å². The number of ether oxygens (including phenoxy) is 1. The maximum atomic E-state index is 9.58. The quantitative estimate of drug-likeness (QED) is 0.367. The second-order valence-corrected chi connectivity index (χ2v) is 3.80. The summed E-state index contributed by atoms with van der Waals surface area (Å²) >= 11 is 0. The van der Waals surface area contributed by atoms with Gasteiger partial charge in [0.25, 0.3) is 0 Å². The first-order valence-electron chi connectivity index (χ1n) is 4.60. The molecule has 1 heterocycles. The molecule has 15 heavy (non-hydrogen) atoms. The Bertz CT molecular complexity index is 259. The Morgan fingerprint density at radius 3 is 2.00 bits per heavy atom. The van der Waals surface area contributed by atoms with Crippen molar-refractivity contribution in [2.75, 3.05) is 0 Å². The number of hydrogen-bond donors (Lipinski definition) is 5. The summed E-state index contributed by atoms with van der Waals surface area (Å²) in [5.41, 5.74) is 0.467. The van der Waals surface area contributed by atoms with Gasteiger partial charge in [-0.15, -0.1) is 0 Å². The minimum absolute atomic E-state index is 0.333. The molecule has 1 rings (SSSR count). The third-order valence-electron chi connectivity index (χ3n) is 2.38. The molecular formula is C9H16O6. The average molecular weight is 220 g/mol.